The third-order valence-electron chi connectivity index (χ3n) is 4.44. The van der Waals surface area contributed by atoms with E-state index >= 15 is 0 Å². The molecule has 0 spiro atoms. The van der Waals surface area contributed by atoms with Gasteiger partial charge in [0.2, 0.25) is 0 Å². The van der Waals surface area contributed by atoms with Gasteiger partial charge in [0.25, 0.3) is 5.56 Å². The number of anilines is 1. The standard InChI is InChI=1S/C22H21N5O3S/c1-2-9-30-18-6-5-15(25-22(29)24-13-14-4-3-8-23-12-14)11-16(18)20-26-17-7-10-31-19(17)21(28)27-20/h3-8,10-12H,2,9,13H2,1H3,(H2,24,25,29)(H,26,27,28). The summed E-state index contributed by atoms with van der Waals surface area (Å²) in [4.78, 5) is 36.2. The van der Waals surface area contributed by atoms with E-state index in [0.29, 0.717) is 46.2 Å². The Hall–Kier alpha value is -3.72. The molecule has 0 unspecified atom stereocenters. The minimum atomic E-state index is -0.355. The molecule has 0 fully saturated rings. The number of hydrogen-bond acceptors (Lipinski definition) is 6. The SMILES string of the molecule is CCCOc1ccc(NC(=O)NCc2cccnc2)cc1-c1nc2ccsc2c(=O)[nH]1. The molecule has 9 heteroatoms. The minimum absolute atomic E-state index is 0.205. The number of hydrogen-bond donors (Lipinski definition) is 3. The number of aromatic nitrogens is 3. The molecule has 0 atom stereocenters. The highest BCUT2D eigenvalue weighted by Crippen LogP contribution is 2.31. The van der Waals surface area contributed by atoms with Crippen molar-refractivity contribution in [2.75, 3.05) is 11.9 Å². The highest BCUT2D eigenvalue weighted by atomic mass is 32.1. The monoisotopic (exact) mass is 435 g/mol. The van der Waals surface area contributed by atoms with Gasteiger partial charge in [-0.2, -0.15) is 0 Å². The number of amides is 2. The maximum atomic E-state index is 12.4. The van der Waals surface area contributed by atoms with Crippen molar-refractivity contribution >= 4 is 33.3 Å². The van der Waals surface area contributed by atoms with E-state index < -0.39 is 0 Å². The van der Waals surface area contributed by atoms with Crippen LogP contribution in [0.3, 0.4) is 0 Å². The minimum Gasteiger partial charge on any atom is -0.493 e. The highest BCUT2D eigenvalue weighted by Gasteiger charge is 2.14. The van der Waals surface area contributed by atoms with Crippen LogP contribution in [-0.4, -0.2) is 27.6 Å². The molecule has 8 nitrogen and oxygen atoms in total. The second-order valence-corrected chi connectivity index (χ2v) is 7.69. The molecule has 0 radical (unpaired) electrons. The van der Waals surface area contributed by atoms with E-state index in [0.717, 1.165) is 12.0 Å². The Kier molecular flexibility index (Phi) is 6.23. The van der Waals surface area contributed by atoms with Crippen LogP contribution in [0.25, 0.3) is 21.6 Å². The van der Waals surface area contributed by atoms with Gasteiger partial charge in [-0.15, -0.1) is 11.3 Å². The first-order chi connectivity index (χ1) is 15.1. The summed E-state index contributed by atoms with van der Waals surface area (Å²) in [5.74, 6) is 0.974. The number of carbonyl (C=O) groups is 1. The number of nitrogens with one attached hydrogen (secondary N) is 3. The number of thiophene rings is 1. The number of ether oxygens (including phenoxy) is 1. The first-order valence-corrected chi connectivity index (χ1v) is 10.7. The molecule has 0 aliphatic heterocycles. The second kappa shape index (κ2) is 9.40. The van der Waals surface area contributed by atoms with Crippen molar-refractivity contribution in [3.8, 4) is 17.1 Å². The number of aromatic amines is 1. The van der Waals surface area contributed by atoms with Gasteiger partial charge in [-0.3, -0.25) is 9.78 Å². The first kappa shape index (κ1) is 20.5. The Morgan fingerprint density at radius 1 is 1.26 bits per heavy atom. The molecular formula is C22H21N5O3S. The zero-order valence-electron chi connectivity index (χ0n) is 16.8. The van der Waals surface area contributed by atoms with Crippen LogP contribution in [0.4, 0.5) is 10.5 Å². The van der Waals surface area contributed by atoms with E-state index in [4.69, 9.17) is 4.74 Å². The predicted octanol–water partition coefficient (Wildman–Crippen LogP) is 4.16. The molecular weight excluding hydrogens is 414 g/mol. The average Bonchev–Trinajstić information content (AvgIpc) is 3.27. The molecule has 0 aliphatic carbocycles. The number of fused-ring (bicyclic) bond motifs is 1. The number of benzene rings is 1. The van der Waals surface area contributed by atoms with Gasteiger partial charge in [0.05, 0.1) is 17.7 Å². The number of urea groups is 1. The number of nitrogens with zero attached hydrogens (tertiary/aromatic N) is 2. The molecule has 3 heterocycles. The number of pyridine rings is 1. The molecule has 4 rings (SSSR count). The largest absolute Gasteiger partial charge is 0.493 e. The molecule has 0 bridgehead atoms. The van der Waals surface area contributed by atoms with Crippen molar-refractivity contribution in [1.29, 1.82) is 0 Å². The van der Waals surface area contributed by atoms with Gasteiger partial charge in [0, 0.05) is 24.6 Å². The summed E-state index contributed by atoms with van der Waals surface area (Å²) >= 11 is 1.34. The fourth-order valence-electron chi connectivity index (χ4n) is 2.99. The summed E-state index contributed by atoms with van der Waals surface area (Å²) in [5.41, 5.74) is 2.47. The summed E-state index contributed by atoms with van der Waals surface area (Å²) in [6.07, 6.45) is 4.21. The smallest absolute Gasteiger partial charge is 0.319 e. The van der Waals surface area contributed by atoms with Crippen molar-refractivity contribution in [2.45, 2.75) is 19.9 Å². The van der Waals surface area contributed by atoms with E-state index in [2.05, 4.69) is 25.6 Å². The van der Waals surface area contributed by atoms with Gasteiger partial charge >= 0.3 is 6.03 Å². The van der Waals surface area contributed by atoms with E-state index in [-0.39, 0.29) is 11.6 Å². The molecule has 3 N–H and O–H groups in total. The molecule has 0 saturated carbocycles. The van der Waals surface area contributed by atoms with Gasteiger partial charge < -0.3 is 20.4 Å². The zero-order chi connectivity index (χ0) is 21.6. The normalized spacial score (nSPS) is 10.7. The van der Waals surface area contributed by atoms with Crippen LogP contribution in [0, 0.1) is 0 Å². The first-order valence-electron chi connectivity index (χ1n) is 9.82. The highest BCUT2D eigenvalue weighted by molar-refractivity contribution is 7.17. The quantitative estimate of drug-likeness (QED) is 0.404. The van der Waals surface area contributed by atoms with E-state index in [1.165, 1.54) is 11.3 Å². The van der Waals surface area contributed by atoms with Gasteiger partial charge in [-0.1, -0.05) is 13.0 Å². The molecule has 3 aromatic heterocycles. The lowest BCUT2D eigenvalue weighted by Gasteiger charge is -2.13. The predicted molar refractivity (Wildman–Crippen MR) is 122 cm³/mol. The Labute approximate surface area is 182 Å². The Morgan fingerprint density at radius 2 is 2.16 bits per heavy atom. The number of rotatable bonds is 7. The van der Waals surface area contributed by atoms with Crippen molar-refractivity contribution in [3.63, 3.8) is 0 Å². The maximum absolute atomic E-state index is 12.4. The Balaban J connectivity index is 1.59. The third kappa shape index (κ3) is 4.89. The van der Waals surface area contributed by atoms with E-state index in [1.807, 2.05) is 24.4 Å². The van der Waals surface area contributed by atoms with E-state index in [9.17, 15) is 9.59 Å². The van der Waals surface area contributed by atoms with Crippen LogP contribution in [0.2, 0.25) is 0 Å². The summed E-state index contributed by atoms with van der Waals surface area (Å²) in [5, 5.41) is 7.43. The van der Waals surface area contributed by atoms with Crippen LogP contribution in [-0.2, 0) is 6.54 Å². The lowest BCUT2D eigenvalue weighted by Crippen LogP contribution is -2.28. The molecule has 0 saturated heterocycles. The van der Waals surface area contributed by atoms with Crippen LogP contribution in [0.5, 0.6) is 5.75 Å². The fraction of sp³-hybridized carbons (Fsp3) is 0.182. The second-order valence-electron chi connectivity index (χ2n) is 6.78. The average molecular weight is 436 g/mol. The fourth-order valence-corrected chi connectivity index (χ4v) is 3.72. The lowest BCUT2D eigenvalue weighted by molar-refractivity contribution is 0.251. The molecule has 158 valence electrons. The Bertz CT molecular complexity index is 1250. The topological polar surface area (TPSA) is 109 Å². The van der Waals surface area contributed by atoms with Crippen LogP contribution < -0.4 is 20.9 Å². The zero-order valence-corrected chi connectivity index (χ0v) is 17.7. The summed E-state index contributed by atoms with van der Waals surface area (Å²) < 4.78 is 6.42. The summed E-state index contributed by atoms with van der Waals surface area (Å²) in [6, 6.07) is 10.4. The number of H-pyrrole nitrogens is 1. The Morgan fingerprint density at radius 3 is 2.97 bits per heavy atom. The molecule has 1 aromatic carbocycles. The van der Waals surface area contributed by atoms with Crippen LogP contribution in [0.1, 0.15) is 18.9 Å². The third-order valence-corrected chi connectivity index (χ3v) is 5.35. The maximum Gasteiger partial charge on any atom is 0.319 e. The van der Waals surface area contributed by atoms with Crippen molar-refractivity contribution in [1.82, 2.24) is 20.3 Å². The molecule has 0 aliphatic rings. The lowest BCUT2D eigenvalue weighted by atomic mass is 10.1. The molecule has 2 amide bonds. The summed E-state index contributed by atoms with van der Waals surface area (Å²) in [6.45, 7) is 2.89. The van der Waals surface area contributed by atoms with E-state index in [1.54, 1.807) is 36.7 Å². The van der Waals surface area contributed by atoms with Crippen LogP contribution in [0.15, 0.2) is 59.0 Å². The van der Waals surface area contributed by atoms with Crippen molar-refractivity contribution < 1.29 is 9.53 Å². The van der Waals surface area contributed by atoms with Gasteiger partial charge in [0.1, 0.15) is 16.3 Å². The molecule has 31 heavy (non-hydrogen) atoms. The van der Waals surface area contributed by atoms with Gasteiger partial charge in [0.15, 0.2) is 0 Å². The van der Waals surface area contributed by atoms with Crippen LogP contribution >= 0.6 is 11.3 Å². The van der Waals surface area contributed by atoms with Gasteiger partial charge in [-0.25, -0.2) is 9.78 Å². The molecule has 4 aromatic rings. The van der Waals surface area contributed by atoms with Crippen molar-refractivity contribution in [3.05, 3.63) is 70.1 Å². The van der Waals surface area contributed by atoms with Crippen molar-refractivity contribution in [2.24, 2.45) is 0 Å². The van der Waals surface area contributed by atoms with Gasteiger partial charge in [-0.05, 0) is 47.7 Å². The number of carbonyl (C=O) groups excluding carboxylic acids is 1. The summed E-state index contributed by atoms with van der Waals surface area (Å²) in [7, 11) is 0.